The van der Waals surface area contributed by atoms with Crippen molar-refractivity contribution in [3.63, 3.8) is 0 Å². The second kappa shape index (κ2) is 7.21. The van der Waals surface area contributed by atoms with E-state index in [1.54, 1.807) is 11.9 Å². The number of esters is 1. The summed E-state index contributed by atoms with van der Waals surface area (Å²) in [6, 6.07) is 7.54. The number of nitrogens with zero attached hydrogens (tertiary/aromatic N) is 3. The van der Waals surface area contributed by atoms with Gasteiger partial charge in [-0.2, -0.15) is 0 Å². The van der Waals surface area contributed by atoms with Gasteiger partial charge in [-0.1, -0.05) is 12.1 Å². The molecule has 2 aliphatic heterocycles. The molecule has 0 saturated carbocycles. The highest BCUT2D eigenvalue weighted by atomic mass is 16.5. The standard InChI is InChI=1S/C20H27N3O4/c1-21(2)16-8-6-5-7-14(16)18(25)23-11-9-20(10-12-23)15(19(26)27-4)13-17(24)22(20)3/h5-8,15H,9-13H2,1-4H3. The lowest BCUT2D eigenvalue weighted by atomic mass is 9.77. The minimum absolute atomic E-state index is 0.0178. The van der Waals surface area contributed by atoms with Gasteiger partial charge >= 0.3 is 5.97 Å². The van der Waals surface area contributed by atoms with Crippen molar-refractivity contribution < 1.29 is 19.1 Å². The minimum Gasteiger partial charge on any atom is -0.469 e. The Bertz CT molecular complexity index is 753. The molecule has 2 amide bonds. The van der Waals surface area contributed by atoms with Crippen molar-refractivity contribution >= 4 is 23.5 Å². The Hall–Kier alpha value is -2.57. The lowest BCUT2D eigenvalue weighted by Gasteiger charge is -2.45. The molecule has 2 aliphatic rings. The van der Waals surface area contributed by atoms with Crippen molar-refractivity contribution in [2.24, 2.45) is 5.92 Å². The number of carbonyl (C=O) groups excluding carboxylic acids is 3. The van der Waals surface area contributed by atoms with Crippen LogP contribution >= 0.6 is 0 Å². The van der Waals surface area contributed by atoms with Crippen LogP contribution in [0.15, 0.2) is 24.3 Å². The molecule has 0 aliphatic carbocycles. The van der Waals surface area contributed by atoms with Crippen LogP contribution in [0.3, 0.4) is 0 Å². The second-order valence-corrected chi connectivity index (χ2v) is 7.54. The summed E-state index contributed by atoms with van der Waals surface area (Å²) < 4.78 is 4.94. The first-order valence-corrected chi connectivity index (χ1v) is 9.22. The van der Waals surface area contributed by atoms with Crippen molar-refractivity contribution in [1.82, 2.24) is 9.80 Å². The molecule has 27 heavy (non-hydrogen) atoms. The summed E-state index contributed by atoms with van der Waals surface area (Å²) in [7, 11) is 6.94. The number of likely N-dealkylation sites (tertiary alicyclic amines) is 2. The number of hydrogen-bond donors (Lipinski definition) is 0. The number of ether oxygens (including phenoxy) is 1. The van der Waals surface area contributed by atoms with E-state index in [1.165, 1.54) is 7.11 Å². The van der Waals surface area contributed by atoms with Crippen LogP contribution < -0.4 is 4.90 Å². The van der Waals surface area contributed by atoms with E-state index < -0.39 is 11.5 Å². The van der Waals surface area contributed by atoms with E-state index in [2.05, 4.69) is 0 Å². The molecule has 2 fully saturated rings. The topological polar surface area (TPSA) is 70.2 Å². The normalized spacial score (nSPS) is 21.5. The Kier molecular flexibility index (Phi) is 5.13. The third-order valence-corrected chi connectivity index (χ3v) is 6.09. The number of amides is 2. The zero-order valence-corrected chi connectivity index (χ0v) is 16.4. The molecule has 7 nitrogen and oxygen atoms in total. The summed E-state index contributed by atoms with van der Waals surface area (Å²) in [4.78, 5) is 43.0. The zero-order valence-electron chi connectivity index (χ0n) is 16.4. The predicted molar refractivity (Wildman–Crippen MR) is 102 cm³/mol. The fourth-order valence-corrected chi connectivity index (χ4v) is 4.42. The molecule has 146 valence electrons. The highest BCUT2D eigenvalue weighted by Crippen LogP contribution is 2.43. The smallest absolute Gasteiger partial charge is 0.311 e. The highest BCUT2D eigenvalue weighted by Gasteiger charge is 2.56. The number of carbonyl (C=O) groups is 3. The summed E-state index contributed by atoms with van der Waals surface area (Å²) in [5, 5.41) is 0. The van der Waals surface area contributed by atoms with Gasteiger partial charge in [-0.3, -0.25) is 14.4 Å². The van der Waals surface area contributed by atoms with Crippen molar-refractivity contribution in [3.8, 4) is 0 Å². The van der Waals surface area contributed by atoms with Crippen molar-refractivity contribution in [3.05, 3.63) is 29.8 Å². The quantitative estimate of drug-likeness (QED) is 0.749. The van der Waals surface area contributed by atoms with Gasteiger partial charge in [0.1, 0.15) is 0 Å². The maximum absolute atomic E-state index is 13.1. The lowest BCUT2D eigenvalue weighted by Crippen LogP contribution is -2.57. The number of para-hydroxylation sites is 1. The Morgan fingerprint density at radius 1 is 1.19 bits per heavy atom. The Morgan fingerprint density at radius 3 is 2.41 bits per heavy atom. The summed E-state index contributed by atoms with van der Waals surface area (Å²) in [6.07, 6.45) is 1.33. The molecule has 0 radical (unpaired) electrons. The first-order valence-electron chi connectivity index (χ1n) is 9.22. The van der Waals surface area contributed by atoms with Gasteiger partial charge in [0.15, 0.2) is 0 Å². The minimum atomic E-state index is -0.554. The molecule has 1 atom stereocenters. The Morgan fingerprint density at radius 2 is 1.81 bits per heavy atom. The summed E-state index contributed by atoms with van der Waals surface area (Å²) >= 11 is 0. The molecule has 1 aromatic carbocycles. The zero-order chi connectivity index (χ0) is 19.8. The number of methoxy groups -OCH3 is 1. The molecule has 2 saturated heterocycles. The van der Waals surface area contributed by atoms with Crippen LogP contribution in [0.2, 0.25) is 0 Å². The fraction of sp³-hybridized carbons (Fsp3) is 0.550. The van der Waals surface area contributed by atoms with E-state index in [-0.39, 0.29) is 24.2 Å². The third-order valence-electron chi connectivity index (χ3n) is 6.09. The number of rotatable bonds is 3. The average Bonchev–Trinajstić information content (AvgIpc) is 2.92. The van der Waals surface area contributed by atoms with Gasteiger partial charge in [0, 0.05) is 46.3 Å². The van der Waals surface area contributed by atoms with Gasteiger partial charge in [0.2, 0.25) is 5.91 Å². The molecular weight excluding hydrogens is 346 g/mol. The Labute approximate surface area is 159 Å². The van der Waals surface area contributed by atoms with Gasteiger partial charge in [-0.25, -0.2) is 0 Å². The molecule has 1 aromatic rings. The van der Waals surface area contributed by atoms with E-state index in [0.717, 1.165) is 5.69 Å². The van der Waals surface area contributed by atoms with Gasteiger partial charge in [0.05, 0.1) is 24.1 Å². The van der Waals surface area contributed by atoms with Crippen LogP contribution in [0, 0.1) is 5.92 Å². The van der Waals surface area contributed by atoms with Gasteiger partial charge in [0.25, 0.3) is 5.91 Å². The number of benzene rings is 1. The molecule has 1 spiro atoms. The van der Waals surface area contributed by atoms with Gasteiger partial charge in [-0.05, 0) is 25.0 Å². The number of hydrogen-bond acceptors (Lipinski definition) is 5. The lowest BCUT2D eigenvalue weighted by molar-refractivity contribution is -0.149. The molecule has 2 heterocycles. The van der Waals surface area contributed by atoms with Gasteiger partial charge in [-0.15, -0.1) is 0 Å². The SMILES string of the molecule is COC(=O)C1CC(=O)N(C)C12CCN(C(=O)c1ccccc1N(C)C)CC2. The summed E-state index contributed by atoms with van der Waals surface area (Å²) in [5.41, 5.74) is 0.990. The molecule has 0 N–H and O–H groups in total. The van der Waals surface area contributed by atoms with Crippen molar-refractivity contribution in [2.45, 2.75) is 24.8 Å². The molecule has 0 bridgehead atoms. The molecule has 7 heteroatoms. The average molecular weight is 373 g/mol. The van der Waals surface area contributed by atoms with Crippen LogP contribution in [0.25, 0.3) is 0 Å². The summed E-state index contributed by atoms with van der Waals surface area (Å²) in [6.45, 7) is 1.01. The first-order chi connectivity index (χ1) is 12.8. The van der Waals surface area contributed by atoms with E-state index in [1.807, 2.05) is 48.2 Å². The van der Waals surface area contributed by atoms with E-state index >= 15 is 0 Å². The van der Waals surface area contributed by atoms with Crippen LogP contribution in [-0.2, 0) is 14.3 Å². The maximum Gasteiger partial charge on any atom is 0.311 e. The predicted octanol–water partition coefficient (Wildman–Crippen LogP) is 1.38. The van der Waals surface area contributed by atoms with E-state index in [9.17, 15) is 14.4 Å². The van der Waals surface area contributed by atoms with Crippen molar-refractivity contribution in [1.29, 1.82) is 0 Å². The highest BCUT2D eigenvalue weighted by molar-refractivity contribution is 6.00. The molecule has 3 rings (SSSR count). The maximum atomic E-state index is 13.1. The first kappa shape index (κ1) is 19.2. The number of anilines is 1. The van der Waals surface area contributed by atoms with Crippen LogP contribution in [0.1, 0.15) is 29.6 Å². The third kappa shape index (κ3) is 3.15. The van der Waals surface area contributed by atoms with E-state index in [0.29, 0.717) is 31.5 Å². The summed E-state index contributed by atoms with van der Waals surface area (Å²) in [5.74, 6) is -0.865. The van der Waals surface area contributed by atoms with Crippen LogP contribution in [-0.4, -0.2) is 74.5 Å². The van der Waals surface area contributed by atoms with Gasteiger partial charge < -0.3 is 19.4 Å². The second-order valence-electron chi connectivity index (χ2n) is 7.54. The number of piperidine rings is 1. The van der Waals surface area contributed by atoms with E-state index in [4.69, 9.17) is 4.74 Å². The monoisotopic (exact) mass is 373 g/mol. The molecule has 1 unspecified atom stereocenters. The van der Waals surface area contributed by atoms with Crippen molar-refractivity contribution in [2.75, 3.05) is 46.2 Å². The Balaban J connectivity index is 1.80. The van der Waals surface area contributed by atoms with Crippen LogP contribution in [0.4, 0.5) is 5.69 Å². The largest absolute Gasteiger partial charge is 0.469 e. The molecule has 0 aromatic heterocycles. The fourth-order valence-electron chi connectivity index (χ4n) is 4.42. The van der Waals surface area contributed by atoms with Crippen LogP contribution in [0.5, 0.6) is 0 Å². The molecular formula is C20H27N3O4.